The molecule has 0 fully saturated rings. The first-order valence-electron chi connectivity index (χ1n) is 12.9. The number of furan rings is 1. The van der Waals surface area contributed by atoms with Crippen LogP contribution in [-0.2, 0) is 9.53 Å². The summed E-state index contributed by atoms with van der Waals surface area (Å²) >= 11 is 6.04. The Labute approximate surface area is 252 Å². The molecule has 3 aromatic heterocycles. The SMILES string of the molecule is CCOc1ccc([C@@H]2C(C(=O)OC(C)C)=C(C)N=c3s/c(=C\c4cc(Br)c(Sc5nccc(C)n5)o4)c(=O)n32)cc1. The third-order valence-corrected chi connectivity index (χ3v) is 8.70. The number of nitrogens with zero attached hydrogens (tertiary/aromatic N) is 4. The normalized spacial score (nSPS) is 15.2. The summed E-state index contributed by atoms with van der Waals surface area (Å²) in [5.41, 5.74) is 2.11. The van der Waals surface area contributed by atoms with Crippen LogP contribution in [0.25, 0.3) is 6.08 Å². The quantitative estimate of drug-likeness (QED) is 0.189. The molecule has 0 saturated carbocycles. The van der Waals surface area contributed by atoms with Gasteiger partial charge in [-0.2, -0.15) is 0 Å². The number of benzene rings is 1. The molecule has 0 saturated heterocycles. The van der Waals surface area contributed by atoms with E-state index in [-0.39, 0.29) is 11.7 Å². The number of allylic oxidation sites excluding steroid dienone is 1. The van der Waals surface area contributed by atoms with E-state index in [0.29, 0.717) is 53.4 Å². The number of hydrogen-bond donors (Lipinski definition) is 0. The van der Waals surface area contributed by atoms with Gasteiger partial charge >= 0.3 is 5.97 Å². The zero-order valence-corrected chi connectivity index (χ0v) is 26.2. The van der Waals surface area contributed by atoms with Gasteiger partial charge in [0.05, 0.1) is 39.0 Å². The molecule has 0 amide bonds. The summed E-state index contributed by atoms with van der Waals surface area (Å²) in [4.78, 5) is 41.0. The van der Waals surface area contributed by atoms with Crippen LogP contribution in [0.3, 0.4) is 0 Å². The number of aromatic nitrogens is 3. The van der Waals surface area contributed by atoms with Gasteiger partial charge in [-0.1, -0.05) is 23.5 Å². The first kappa shape index (κ1) is 29.0. The number of fused-ring (bicyclic) bond motifs is 1. The number of aryl methyl sites for hydroxylation is 1. The van der Waals surface area contributed by atoms with Crippen molar-refractivity contribution in [3.05, 3.63) is 95.0 Å². The van der Waals surface area contributed by atoms with E-state index in [1.807, 2.05) is 44.2 Å². The van der Waals surface area contributed by atoms with Crippen LogP contribution < -0.4 is 19.6 Å². The van der Waals surface area contributed by atoms with E-state index in [2.05, 4.69) is 30.9 Å². The largest absolute Gasteiger partial charge is 0.494 e. The van der Waals surface area contributed by atoms with Crippen LogP contribution >= 0.6 is 39.0 Å². The molecule has 0 aliphatic carbocycles. The molecular formula is C29H27BrN4O5S2. The standard InChI is InChI=1S/C29H27BrN4O5S2/c1-6-37-19-9-7-18(8-10-19)24-23(26(36)38-15(2)3)17(5)33-29-34(24)25(35)22(40-29)14-20-13-21(30)27(39-20)41-28-31-12-11-16(4)32-28/h7-15,24H,6H2,1-5H3/b22-14-/t24-/m1/s1. The van der Waals surface area contributed by atoms with Crippen LogP contribution in [0.5, 0.6) is 5.75 Å². The number of hydrogen-bond acceptors (Lipinski definition) is 10. The molecule has 0 N–H and O–H groups in total. The lowest BCUT2D eigenvalue weighted by Gasteiger charge is -2.25. The van der Waals surface area contributed by atoms with Crippen LogP contribution in [0, 0.1) is 6.92 Å². The summed E-state index contributed by atoms with van der Waals surface area (Å²) in [6.45, 7) is 9.66. The number of esters is 1. The number of thiazole rings is 1. The van der Waals surface area contributed by atoms with Gasteiger partial charge < -0.3 is 13.9 Å². The Morgan fingerprint density at radius 1 is 1.24 bits per heavy atom. The molecule has 1 atom stereocenters. The summed E-state index contributed by atoms with van der Waals surface area (Å²) in [6, 6.07) is 10.3. The maximum absolute atomic E-state index is 13.9. The molecule has 1 aromatic carbocycles. The number of carbonyl (C=O) groups is 1. The highest BCUT2D eigenvalue weighted by atomic mass is 79.9. The number of rotatable bonds is 8. The van der Waals surface area contributed by atoms with E-state index < -0.39 is 12.0 Å². The highest BCUT2D eigenvalue weighted by molar-refractivity contribution is 9.10. The second kappa shape index (κ2) is 12.2. The van der Waals surface area contributed by atoms with E-state index in [9.17, 15) is 9.59 Å². The van der Waals surface area contributed by atoms with Crippen LogP contribution in [0.15, 0.2) is 82.8 Å². The molecular weight excluding hydrogens is 628 g/mol. The molecule has 9 nitrogen and oxygen atoms in total. The van der Waals surface area contributed by atoms with Crippen molar-refractivity contribution in [2.45, 2.75) is 57.0 Å². The minimum absolute atomic E-state index is 0.293. The van der Waals surface area contributed by atoms with Gasteiger partial charge in [0.25, 0.3) is 5.56 Å². The maximum Gasteiger partial charge on any atom is 0.338 e. The Kier molecular flexibility index (Phi) is 8.62. The monoisotopic (exact) mass is 654 g/mol. The predicted molar refractivity (Wildman–Crippen MR) is 160 cm³/mol. The third-order valence-electron chi connectivity index (χ3n) is 6.00. The molecule has 5 rings (SSSR count). The van der Waals surface area contributed by atoms with Crippen molar-refractivity contribution in [1.29, 1.82) is 0 Å². The Balaban J connectivity index is 1.59. The highest BCUT2D eigenvalue weighted by Crippen LogP contribution is 2.35. The number of halogens is 1. The zero-order chi connectivity index (χ0) is 29.3. The van der Waals surface area contributed by atoms with Gasteiger partial charge in [-0.25, -0.2) is 19.8 Å². The van der Waals surface area contributed by atoms with Crippen LogP contribution in [0.1, 0.15) is 50.8 Å². The van der Waals surface area contributed by atoms with Gasteiger partial charge in [-0.05, 0) is 92.1 Å². The van der Waals surface area contributed by atoms with E-state index in [0.717, 1.165) is 11.3 Å². The van der Waals surface area contributed by atoms with E-state index in [1.165, 1.54) is 23.1 Å². The molecule has 4 heterocycles. The second-order valence-electron chi connectivity index (χ2n) is 9.40. The Morgan fingerprint density at radius 3 is 2.68 bits per heavy atom. The molecule has 0 radical (unpaired) electrons. The van der Waals surface area contributed by atoms with Crippen molar-refractivity contribution >= 4 is 51.1 Å². The van der Waals surface area contributed by atoms with Gasteiger partial charge in [-0.15, -0.1) is 0 Å². The summed E-state index contributed by atoms with van der Waals surface area (Å²) in [5, 5.41) is 1.12. The molecule has 1 aliphatic rings. The Morgan fingerprint density at radius 2 is 2.00 bits per heavy atom. The fraction of sp³-hybridized carbons (Fsp3) is 0.276. The molecule has 41 heavy (non-hydrogen) atoms. The minimum atomic E-state index is -0.719. The summed E-state index contributed by atoms with van der Waals surface area (Å²) < 4.78 is 19.9. The Hall–Kier alpha value is -3.48. The first-order chi connectivity index (χ1) is 19.6. The molecule has 212 valence electrons. The van der Waals surface area contributed by atoms with Crippen molar-refractivity contribution in [2.75, 3.05) is 6.61 Å². The summed E-state index contributed by atoms with van der Waals surface area (Å²) in [6.07, 6.45) is 3.04. The average Bonchev–Trinajstić information content (AvgIpc) is 3.41. The zero-order valence-electron chi connectivity index (χ0n) is 23.0. The van der Waals surface area contributed by atoms with E-state index in [1.54, 1.807) is 43.7 Å². The smallest absolute Gasteiger partial charge is 0.338 e. The summed E-state index contributed by atoms with van der Waals surface area (Å²) in [7, 11) is 0. The fourth-order valence-electron chi connectivity index (χ4n) is 4.29. The average molecular weight is 656 g/mol. The van der Waals surface area contributed by atoms with Gasteiger partial charge in [0.2, 0.25) is 0 Å². The second-order valence-corrected chi connectivity index (χ2v) is 12.2. The predicted octanol–water partition coefficient (Wildman–Crippen LogP) is 5.19. The molecule has 0 spiro atoms. The van der Waals surface area contributed by atoms with Crippen molar-refractivity contribution in [1.82, 2.24) is 14.5 Å². The Bertz CT molecular complexity index is 1820. The molecule has 4 aromatic rings. The van der Waals surface area contributed by atoms with Gasteiger partial charge in [0, 0.05) is 18.0 Å². The lowest BCUT2D eigenvalue weighted by atomic mass is 9.96. The number of ether oxygens (including phenoxy) is 2. The third kappa shape index (κ3) is 6.24. The van der Waals surface area contributed by atoms with Crippen LogP contribution in [0.2, 0.25) is 0 Å². The lowest BCUT2D eigenvalue weighted by Crippen LogP contribution is -2.40. The summed E-state index contributed by atoms with van der Waals surface area (Å²) in [5.74, 6) is 0.665. The van der Waals surface area contributed by atoms with Gasteiger partial charge in [0.15, 0.2) is 15.1 Å². The van der Waals surface area contributed by atoms with Crippen molar-refractivity contribution in [3.63, 3.8) is 0 Å². The van der Waals surface area contributed by atoms with E-state index >= 15 is 0 Å². The highest BCUT2D eigenvalue weighted by Gasteiger charge is 2.34. The topological polar surface area (TPSA) is 109 Å². The van der Waals surface area contributed by atoms with Crippen molar-refractivity contribution in [2.24, 2.45) is 4.99 Å². The molecule has 12 heteroatoms. The molecule has 1 aliphatic heterocycles. The van der Waals surface area contributed by atoms with Crippen LogP contribution in [-0.4, -0.2) is 33.2 Å². The molecule has 0 unspecified atom stereocenters. The maximum atomic E-state index is 13.9. The van der Waals surface area contributed by atoms with Crippen LogP contribution in [0.4, 0.5) is 0 Å². The van der Waals surface area contributed by atoms with E-state index in [4.69, 9.17) is 13.9 Å². The fourth-order valence-corrected chi connectivity index (χ4v) is 6.62. The molecule has 0 bridgehead atoms. The first-order valence-corrected chi connectivity index (χ1v) is 15.3. The van der Waals surface area contributed by atoms with Crippen molar-refractivity contribution in [3.8, 4) is 5.75 Å². The number of carbonyl (C=O) groups excluding carboxylic acids is 1. The lowest BCUT2D eigenvalue weighted by molar-refractivity contribution is -0.143. The van der Waals surface area contributed by atoms with Gasteiger partial charge in [-0.3, -0.25) is 9.36 Å². The van der Waals surface area contributed by atoms with Crippen molar-refractivity contribution < 1.29 is 18.7 Å². The van der Waals surface area contributed by atoms with Gasteiger partial charge in [0.1, 0.15) is 11.5 Å². The minimum Gasteiger partial charge on any atom is -0.494 e.